The van der Waals surface area contributed by atoms with Crippen LogP contribution in [0.2, 0.25) is 0 Å². The highest BCUT2D eigenvalue weighted by Crippen LogP contribution is 2.26. The fourth-order valence-corrected chi connectivity index (χ4v) is 3.71. The van der Waals surface area contributed by atoms with Gasteiger partial charge in [-0.15, -0.1) is 24.8 Å². The van der Waals surface area contributed by atoms with Crippen LogP contribution >= 0.6 is 24.8 Å². The molecule has 0 bridgehead atoms. The number of hydrogen-bond acceptors (Lipinski definition) is 5. The number of aromatic nitrogens is 1. The van der Waals surface area contributed by atoms with E-state index in [0.29, 0.717) is 12.3 Å². The Kier molecular flexibility index (Phi) is 9.21. The van der Waals surface area contributed by atoms with Gasteiger partial charge in [0.15, 0.2) is 5.76 Å². The van der Waals surface area contributed by atoms with Crippen LogP contribution in [0, 0.1) is 12.8 Å². The van der Waals surface area contributed by atoms with Crippen LogP contribution in [0.5, 0.6) is 0 Å². The Balaban J connectivity index is 0.00000156. The molecule has 2 fully saturated rings. The molecule has 2 unspecified atom stereocenters. The predicted molar refractivity (Wildman–Crippen MR) is 102 cm³/mol. The number of carbonyl (C=O) groups excluding carboxylic acids is 1. The number of halogens is 2. The van der Waals surface area contributed by atoms with Crippen molar-refractivity contribution < 1.29 is 9.32 Å². The van der Waals surface area contributed by atoms with E-state index >= 15 is 0 Å². The largest absolute Gasteiger partial charge is 0.360 e. The van der Waals surface area contributed by atoms with E-state index in [1.807, 2.05) is 17.9 Å². The van der Waals surface area contributed by atoms with Crippen LogP contribution in [-0.4, -0.2) is 53.1 Å². The molecule has 1 aromatic heterocycles. The molecule has 1 saturated carbocycles. The molecular formula is C17H30Cl2N4O2. The normalized spacial score (nSPS) is 24.3. The van der Waals surface area contributed by atoms with Crippen LogP contribution in [-0.2, 0) is 11.3 Å². The second-order valence-corrected chi connectivity index (χ2v) is 7.00. The summed E-state index contributed by atoms with van der Waals surface area (Å²) >= 11 is 0. The van der Waals surface area contributed by atoms with Crippen molar-refractivity contribution in [3.05, 3.63) is 17.5 Å². The van der Waals surface area contributed by atoms with Crippen molar-refractivity contribution in [2.75, 3.05) is 26.2 Å². The fourth-order valence-electron chi connectivity index (χ4n) is 3.71. The average Bonchev–Trinajstić information content (AvgIpc) is 2.95. The van der Waals surface area contributed by atoms with Crippen LogP contribution in [0.1, 0.15) is 43.6 Å². The van der Waals surface area contributed by atoms with Crippen molar-refractivity contribution in [3.63, 3.8) is 0 Å². The number of amides is 1. The number of nitrogens with two attached hydrogens (primary N) is 1. The molecule has 1 aromatic rings. The third kappa shape index (κ3) is 6.13. The summed E-state index contributed by atoms with van der Waals surface area (Å²) in [5, 5.41) is 3.92. The number of carbonyl (C=O) groups is 1. The maximum atomic E-state index is 12.5. The molecular weight excluding hydrogens is 363 g/mol. The highest BCUT2D eigenvalue weighted by molar-refractivity contribution is 5.85. The van der Waals surface area contributed by atoms with Gasteiger partial charge in [-0.2, -0.15) is 0 Å². The van der Waals surface area contributed by atoms with Crippen LogP contribution < -0.4 is 5.73 Å². The SMILES string of the molecule is Cc1cc(CN2CCN(C(=O)CC3CCCCC3N)CC2)on1.Cl.Cl. The Labute approximate surface area is 162 Å². The first-order valence-electron chi connectivity index (χ1n) is 8.80. The molecule has 2 aliphatic rings. The van der Waals surface area contributed by atoms with Gasteiger partial charge in [0, 0.05) is 44.7 Å². The summed E-state index contributed by atoms with van der Waals surface area (Å²) < 4.78 is 5.27. The molecule has 2 atom stereocenters. The summed E-state index contributed by atoms with van der Waals surface area (Å²) in [5.41, 5.74) is 7.09. The van der Waals surface area contributed by atoms with E-state index in [9.17, 15) is 4.79 Å². The molecule has 144 valence electrons. The lowest BCUT2D eigenvalue weighted by atomic mass is 9.82. The smallest absolute Gasteiger partial charge is 0.222 e. The summed E-state index contributed by atoms with van der Waals surface area (Å²) in [7, 11) is 0. The molecule has 6 nitrogen and oxygen atoms in total. The first-order chi connectivity index (χ1) is 11.1. The predicted octanol–water partition coefficient (Wildman–Crippen LogP) is 2.38. The molecule has 0 spiro atoms. The Morgan fingerprint density at radius 1 is 1.24 bits per heavy atom. The van der Waals surface area contributed by atoms with Crippen LogP contribution in [0.4, 0.5) is 0 Å². The third-order valence-corrected chi connectivity index (χ3v) is 5.19. The van der Waals surface area contributed by atoms with E-state index in [0.717, 1.165) is 57.0 Å². The van der Waals surface area contributed by atoms with Crippen molar-refractivity contribution in [3.8, 4) is 0 Å². The summed E-state index contributed by atoms with van der Waals surface area (Å²) in [4.78, 5) is 16.8. The zero-order valence-electron chi connectivity index (χ0n) is 14.9. The van der Waals surface area contributed by atoms with E-state index in [2.05, 4.69) is 10.1 Å². The molecule has 1 aliphatic heterocycles. The number of aryl methyl sites for hydroxylation is 1. The highest BCUT2D eigenvalue weighted by Gasteiger charge is 2.28. The second kappa shape index (κ2) is 10.4. The van der Waals surface area contributed by atoms with E-state index in [1.54, 1.807) is 0 Å². The summed E-state index contributed by atoms with van der Waals surface area (Å²) in [5.74, 6) is 1.56. The maximum absolute atomic E-state index is 12.5. The first-order valence-corrected chi connectivity index (χ1v) is 8.80. The Hall–Kier alpha value is -0.820. The molecule has 3 rings (SSSR count). The summed E-state index contributed by atoms with van der Waals surface area (Å²) in [6.45, 7) is 6.09. The molecule has 25 heavy (non-hydrogen) atoms. The van der Waals surface area contributed by atoms with Crippen LogP contribution in [0.15, 0.2) is 10.6 Å². The minimum atomic E-state index is 0. The van der Waals surface area contributed by atoms with Crippen molar-refractivity contribution in [2.45, 2.75) is 51.6 Å². The van der Waals surface area contributed by atoms with Gasteiger partial charge in [0.2, 0.25) is 5.91 Å². The quantitative estimate of drug-likeness (QED) is 0.850. The Morgan fingerprint density at radius 2 is 1.92 bits per heavy atom. The summed E-state index contributed by atoms with van der Waals surface area (Å²) in [6, 6.07) is 2.19. The molecule has 2 N–H and O–H groups in total. The molecule has 1 amide bonds. The average molecular weight is 393 g/mol. The zero-order valence-corrected chi connectivity index (χ0v) is 16.5. The lowest BCUT2D eigenvalue weighted by molar-refractivity contribution is -0.134. The minimum Gasteiger partial charge on any atom is -0.360 e. The molecule has 1 saturated heterocycles. The zero-order chi connectivity index (χ0) is 16.2. The lowest BCUT2D eigenvalue weighted by Gasteiger charge is -2.36. The van der Waals surface area contributed by atoms with Crippen molar-refractivity contribution in [1.29, 1.82) is 0 Å². The summed E-state index contributed by atoms with van der Waals surface area (Å²) in [6.07, 6.45) is 5.24. The number of rotatable bonds is 4. The number of piperazine rings is 1. The minimum absolute atomic E-state index is 0. The van der Waals surface area contributed by atoms with Gasteiger partial charge in [-0.3, -0.25) is 9.69 Å². The third-order valence-electron chi connectivity index (χ3n) is 5.19. The van der Waals surface area contributed by atoms with Crippen molar-refractivity contribution in [1.82, 2.24) is 15.0 Å². The van der Waals surface area contributed by atoms with Gasteiger partial charge in [-0.05, 0) is 25.7 Å². The lowest BCUT2D eigenvalue weighted by Crippen LogP contribution is -2.49. The van der Waals surface area contributed by atoms with Gasteiger partial charge in [0.1, 0.15) is 0 Å². The van der Waals surface area contributed by atoms with Gasteiger partial charge in [0.25, 0.3) is 0 Å². The monoisotopic (exact) mass is 392 g/mol. The standard InChI is InChI=1S/C17H28N4O2.2ClH/c1-13-10-15(23-19-13)12-20-6-8-21(9-7-20)17(22)11-14-4-2-3-5-16(14)18;;/h10,14,16H,2-9,11-12,18H2,1H3;2*1H. The van der Waals surface area contributed by atoms with Crippen LogP contribution in [0.25, 0.3) is 0 Å². The second-order valence-electron chi connectivity index (χ2n) is 7.00. The maximum Gasteiger partial charge on any atom is 0.222 e. The van der Waals surface area contributed by atoms with Crippen molar-refractivity contribution in [2.24, 2.45) is 11.7 Å². The first kappa shape index (κ1) is 22.2. The van der Waals surface area contributed by atoms with Gasteiger partial charge in [-0.1, -0.05) is 18.0 Å². The molecule has 8 heteroatoms. The molecule has 1 aliphatic carbocycles. The van der Waals surface area contributed by atoms with Crippen LogP contribution in [0.3, 0.4) is 0 Å². The Morgan fingerprint density at radius 3 is 2.52 bits per heavy atom. The topological polar surface area (TPSA) is 75.6 Å². The highest BCUT2D eigenvalue weighted by atomic mass is 35.5. The number of hydrogen-bond donors (Lipinski definition) is 1. The van der Waals surface area contributed by atoms with E-state index < -0.39 is 0 Å². The van der Waals surface area contributed by atoms with Crippen molar-refractivity contribution >= 4 is 30.7 Å². The van der Waals surface area contributed by atoms with Gasteiger partial charge in [-0.25, -0.2) is 0 Å². The van der Waals surface area contributed by atoms with Gasteiger partial charge in [0.05, 0.1) is 12.2 Å². The number of nitrogens with zero attached hydrogens (tertiary/aromatic N) is 3. The van der Waals surface area contributed by atoms with Gasteiger partial charge >= 0.3 is 0 Å². The molecule has 0 aromatic carbocycles. The molecule has 2 heterocycles. The van der Waals surface area contributed by atoms with Gasteiger partial charge < -0.3 is 15.2 Å². The van der Waals surface area contributed by atoms with E-state index in [4.69, 9.17) is 10.3 Å². The van der Waals surface area contributed by atoms with E-state index in [-0.39, 0.29) is 36.8 Å². The van der Waals surface area contributed by atoms with E-state index in [1.165, 1.54) is 12.8 Å². The molecule has 0 radical (unpaired) electrons. The fraction of sp³-hybridized carbons (Fsp3) is 0.765. The Bertz CT molecular complexity index is 532.